The van der Waals surface area contributed by atoms with Gasteiger partial charge in [-0.1, -0.05) is 30.3 Å². The van der Waals surface area contributed by atoms with Crippen LogP contribution in [0.15, 0.2) is 73.2 Å². The summed E-state index contributed by atoms with van der Waals surface area (Å²) in [5.74, 6) is 0.629. The molecule has 0 atom stereocenters. The van der Waals surface area contributed by atoms with Crippen LogP contribution in [0.1, 0.15) is 37.2 Å². The highest BCUT2D eigenvalue weighted by Crippen LogP contribution is 2.31. The summed E-state index contributed by atoms with van der Waals surface area (Å²) in [6.45, 7) is 4.84. The van der Waals surface area contributed by atoms with Crippen LogP contribution >= 0.6 is 0 Å². The maximum Gasteiger partial charge on any atom is 0.137 e. The van der Waals surface area contributed by atoms with E-state index in [1.54, 1.807) is 0 Å². The van der Waals surface area contributed by atoms with Crippen LogP contribution < -0.4 is 0 Å². The van der Waals surface area contributed by atoms with Crippen molar-refractivity contribution < 1.29 is 0 Å². The monoisotopic (exact) mass is 423 g/mol. The number of imidazole rings is 1. The second-order valence-electron chi connectivity index (χ2n) is 9.02. The molecule has 0 aliphatic carbocycles. The number of aromatic nitrogens is 3. The maximum absolute atomic E-state index is 4.75. The molecule has 2 aliphatic rings. The molecule has 5 heteroatoms. The fraction of sp³-hybridized carbons (Fsp3) is 0.333. The van der Waals surface area contributed by atoms with E-state index in [1.807, 2.05) is 18.5 Å². The van der Waals surface area contributed by atoms with Gasteiger partial charge in [0.25, 0.3) is 0 Å². The van der Waals surface area contributed by atoms with E-state index in [-0.39, 0.29) is 0 Å². The van der Waals surface area contributed by atoms with Crippen LogP contribution in [0.5, 0.6) is 0 Å². The molecule has 5 nitrogen and oxygen atoms in total. The summed E-state index contributed by atoms with van der Waals surface area (Å²) < 4.78 is 2.20. The van der Waals surface area contributed by atoms with E-state index in [4.69, 9.17) is 4.98 Å². The molecule has 0 amide bonds. The van der Waals surface area contributed by atoms with Gasteiger partial charge in [0.1, 0.15) is 5.65 Å². The SMILES string of the molecule is c1ccc(-c2cc(-c3cnc4cc(C5CCN(N6CCCC6)CC5)ccn34)ccn2)cc1. The molecule has 2 fully saturated rings. The predicted molar refractivity (Wildman–Crippen MR) is 128 cm³/mol. The van der Waals surface area contributed by atoms with Gasteiger partial charge in [-0.3, -0.25) is 9.38 Å². The number of hydrogen-bond acceptors (Lipinski definition) is 4. The third kappa shape index (κ3) is 3.72. The van der Waals surface area contributed by atoms with Gasteiger partial charge in [-0.05, 0) is 61.4 Å². The van der Waals surface area contributed by atoms with Crippen LogP contribution in [0, 0.1) is 0 Å². The second-order valence-corrected chi connectivity index (χ2v) is 9.02. The van der Waals surface area contributed by atoms with Gasteiger partial charge in [-0.2, -0.15) is 0 Å². The Labute approximate surface area is 189 Å². The van der Waals surface area contributed by atoms with Crippen molar-refractivity contribution in [1.29, 1.82) is 0 Å². The summed E-state index contributed by atoms with van der Waals surface area (Å²) in [7, 11) is 0. The van der Waals surface area contributed by atoms with Gasteiger partial charge in [0.2, 0.25) is 0 Å². The number of hydrogen-bond donors (Lipinski definition) is 0. The summed E-state index contributed by atoms with van der Waals surface area (Å²) in [6, 6.07) is 19.1. The third-order valence-electron chi connectivity index (χ3n) is 7.09. The molecule has 0 radical (unpaired) electrons. The second kappa shape index (κ2) is 8.49. The lowest BCUT2D eigenvalue weighted by Crippen LogP contribution is -2.45. The Morgan fingerprint density at radius 3 is 2.34 bits per heavy atom. The van der Waals surface area contributed by atoms with E-state index in [2.05, 4.69) is 74.1 Å². The Morgan fingerprint density at radius 2 is 1.53 bits per heavy atom. The topological polar surface area (TPSA) is 36.7 Å². The Kier molecular flexibility index (Phi) is 5.21. The first kappa shape index (κ1) is 19.6. The highest BCUT2D eigenvalue weighted by molar-refractivity contribution is 5.70. The minimum atomic E-state index is 0.629. The van der Waals surface area contributed by atoms with Crippen molar-refractivity contribution >= 4 is 5.65 Å². The molecule has 0 bridgehead atoms. The summed E-state index contributed by atoms with van der Waals surface area (Å²) in [6.07, 6.45) is 11.2. The van der Waals surface area contributed by atoms with Crippen LogP contribution in [0.4, 0.5) is 0 Å². The Balaban J connectivity index is 1.23. The number of rotatable bonds is 4. The van der Waals surface area contributed by atoms with Crippen LogP contribution in [-0.4, -0.2) is 50.6 Å². The van der Waals surface area contributed by atoms with Crippen molar-refractivity contribution in [2.75, 3.05) is 26.2 Å². The molecular weight excluding hydrogens is 394 g/mol. The Bertz CT molecular complexity index is 1200. The van der Waals surface area contributed by atoms with Crippen LogP contribution in [0.3, 0.4) is 0 Å². The van der Waals surface area contributed by atoms with E-state index in [9.17, 15) is 0 Å². The normalized spacial score (nSPS) is 18.5. The lowest BCUT2D eigenvalue weighted by Gasteiger charge is -2.37. The maximum atomic E-state index is 4.75. The quantitative estimate of drug-likeness (QED) is 0.449. The standard InChI is InChI=1S/C27H29N5/c1-2-6-22(7-3-1)25-18-24(8-12-28-25)26-20-29-27-19-23(11-17-32(26)27)21-9-15-31(16-10-21)30-13-4-5-14-30/h1-3,6-8,11-12,17-21H,4-5,9-10,13-16H2. The molecule has 0 saturated carbocycles. The molecule has 3 aromatic heterocycles. The smallest absolute Gasteiger partial charge is 0.137 e. The zero-order valence-corrected chi connectivity index (χ0v) is 18.4. The minimum absolute atomic E-state index is 0.629. The molecule has 2 aliphatic heterocycles. The molecular formula is C27H29N5. The van der Waals surface area contributed by atoms with E-state index in [0.717, 1.165) is 28.2 Å². The lowest BCUT2D eigenvalue weighted by atomic mass is 9.90. The van der Waals surface area contributed by atoms with Crippen molar-refractivity contribution in [3.63, 3.8) is 0 Å². The van der Waals surface area contributed by atoms with Crippen molar-refractivity contribution in [1.82, 2.24) is 24.4 Å². The van der Waals surface area contributed by atoms with Crippen LogP contribution in [0.2, 0.25) is 0 Å². The van der Waals surface area contributed by atoms with Crippen LogP contribution in [0.25, 0.3) is 28.2 Å². The van der Waals surface area contributed by atoms with Gasteiger partial charge in [0, 0.05) is 49.7 Å². The zero-order valence-electron chi connectivity index (χ0n) is 18.4. The molecule has 1 aromatic carbocycles. The first-order chi connectivity index (χ1) is 15.8. The molecule has 2 saturated heterocycles. The van der Waals surface area contributed by atoms with E-state index < -0.39 is 0 Å². The van der Waals surface area contributed by atoms with Gasteiger partial charge >= 0.3 is 0 Å². The number of hydrazine groups is 1. The molecule has 0 unspecified atom stereocenters. The van der Waals surface area contributed by atoms with Crippen molar-refractivity contribution in [2.45, 2.75) is 31.6 Å². The summed E-state index contributed by atoms with van der Waals surface area (Å²) >= 11 is 0. The molecule has 32 heavy (non-hydrogen) atoms. The van der Waals surface area contributed by atoms with Gasteiger partial charge < -0.3 is 0 Å². The molecule has 6 rings (SSSR count). The fourth-order valence-electron chi connectivity index (χ4n) is 5.29. The predicted octanol–water partition coefficient (Wildman–Crippen LogP) is 5.25. The first-order valence-corrected chi connectivity index (χ1v) is 11.8. The van der Waals surface area contributed by atoms with Crippen molar-refractivity contribution in [2.24, 2.45) is 0 Å². The number of benzene rings is 1. The largest absolute Gasteiger partial charge is 0.300 e. The van der Waals surface area contributed by atoms with E-state index >= 15 is 0 Å². The highest BCUT2D eigenvalue weighted by Gasteiger charge is 2.26. The van der Waals surface area contributed by atoms with E-state index in [1.165, 1.54) is 57.4 Å². The number of fused-ring (bicyclic) bond motifs is 1. The van der Waals surface area contributed by atoms with Gasteiger partial charge in [-0.25, -0.2) is 15.0 Å². The number of pyridine rings is 2. The van der Waals surface area contributed by atoms with Gasteiger partial charge in [0.15, 0.2) is 0 Å². The third-order valence-corrected chi connectivity index (χ3v) is 7.09. The number of piperidine rings is 1. The molecule has 0 spiro atoms. The van der Waals surface area contributed by atoms with Crippen molar-refractivity contribution in [3.05, 3.63) is 78.8 Å². The van der Waals surface area contributed by atoms with Gasteiger partial charge in [0.05, 0.1) is 17.6 Å². The summed E-state index contributed by atoms with van der Waals surface area (Å²) in [4.78, 5) is 9.33. The number of nitrogens with zero attached hydrogens (tertiary/aromatic N) is 5. The molecule has 4 aromatic rings. The Morgan fingerprint density at radius 1 is 0.750 bits per heavy atom. The average Bonchev–Trinajstić information content (AvgIpc) is 3.55. The molecule has 162 valence electrons. The first-order valence-electron chi connectivity index (χ1n) is 11.8. The lowest BCUT2D eigenvalue weighted by molar-refractivity contribution is -0.0231. The summed E-state index contributed by atoms with van der Waals surface area (Å²) in [5, 5.41) is 5.15. The fourth-order valence-corrected chi connectivity index (χ4v) is 5.29. The summed E-state index contributed by atoms with van der Waals surface area (Å²) in [5.41, 5.74) is 6.81. The highest BCUT2D eigenvalue weighted by atomic mass is 15.6. The zero-order chi connectivity index (χ0) is 21.3. The average molecular weight is 424 g/mol. The van der Waals surface area contributed by atoms with Crippen molar-refractivity contribution in [3.8, 4) is 22.5 Å². The molecule has 5 heterocycles. The van der Waals surface area contributed by atoms with Gasteiger partial charge in [-0.15, -0.1) is 0 Å². The Hall–Kier alpha value is -3.02. The molecule has 0 N–H and O–H groups in total. The van der Waals surface area contributed by atoms with Crippen LogP contribution in [-0.2, 0) is 0 Å². The van der Waals surface area contributed by atoms with E-state index in [0.29, 0.717) is 5.92 Å². The minimum Gasteiger partial charge on any atom is -0.300 e.